The fourth-order valence-electron chi connectivity index (χ4n) is 2.27. The SMILES string of the molecule is O=S(=O)(NCc1cc2c(s1)CCC2)c1cncc(Br)c1. The van der Waals surface area contributed by atoms with Gasteiger partial charge in [-0.3, -0.25) is 4.98 Å². The van der Waals surface area contributed by atoms with Gasteiger partial charge >= 0.3 is 0 Å². The standard InChI is InChI=1S/C13H13BrN2O2S2/c14-10-5-12(8-15-6-10)20(17,18)16-7-11-4-9-2-1-3-13(9)19-11/h4-6,8,16H,1-3,7H2. The molecule has 106 valence electrons. The number of pyridine rings is 1. The Labute approximate surface area is 130 Å². The number of nitrogens with one attached hydrogen (secondary N) is 1. The second-order valence-electron chi connectivity index (χ2n) is 4.68. The van der Waals surface area contributed by atoms with Gasteiger partial charge in [0.25, 0.3) is 0 Å². The molecule has 0 aromatic carbocycles. The van der Waals surface area contributed by atoms with Crippen molar-refractivity contribution >= 4 is 37.3 Å². The Morgan fingerprint density at radius 3 is 2.90 bits per heavy atom. The molecule has 0 saturated heterocycles. The summed E-state index contributed by atoms with van der Waals surface area (Å²) in [6, 6.07) is 3.67. The van der Waals surface area contributed by atoms with Crippen LogP contribution in [0.5, 0.6) is 0 Å². The first-order valence-electron chi connectivity index (χ1n) is 6.25. The maximum atomic E-state index is 12.2. The van der Waals surface area contributed by atoms with Gasteiger partial charge in [-0.15, -0.1) is 11.3 Å². The Morgan fingerprint density at radius 2 is 2.15 bits per heavy atom. The van der Waals surface area contributed by atoms with Crippen molar-refractivity contribution in [3.05, 3.63) is 44.3 Å². The van der Waals surface area contributed by atoms with E-state index in [4.69, 9.17) is 0 Å². The van der Waals surface area contributed by atoms with Crippen molar-refractivity contribution in [1.82, 2.24) is 9.71 Å². The minimum absolute atomic E-state index is 0.177. The lowest BCUT2D eigenvalue weighted by Crippen LogP contribution is -2.22. The van der Waals surface area contributed by atoms with E-state index in [1.165, 1.54) is 23.1 Å². The molecule has 0 amide bonds. The van der Waals surface area contributed by atoms with Gasteiger partial charge in [0.2, 0.25) is 10.0 Å². The molecule has 2 aromatic rings. The van der Waals surface area contributed by atoms with E-state index in [9.17, 15) is 8.42 Å². The number of halogens is 1. The minimum Gasteiger partial charge on any atom is -0.262 e. The molecule has 1 aliphatic carbocycles. The molecule has 0 radical (unpaired) electrons. The van der Waals surface area contributed by atoms with Crippen molar-refractivity contribution in [2.75, 3.05) is 0 Å². The zero-order chi connectivity index (χ0) is 14.2. The second kappa shape index (κ2) is 5.55. The molecule has 0 bridgehead atoms. The zero-order valence-corrected chi connectivity index (χ0v) is 13.8. The van der Waals surface area contributed by atoms with Crippen LogP contribution in [0.15, 0.2) is 33.9 Å². The summed E-state index contributed by atoms with van der Waals surface area (Å²) < 4.78 is 27.6. The molecule has 0 spiro atoms. The van der Waals surface area contributed by atoms with E-state index in [2.05, 4.69) is 31.7 Å². The van der Waals surface area contributed by atoms with E-state index < -0.39 is 10.0 Å². The largest absolute Gasteiger partial charge is 0.262 e. The molecule has 2 aromatic heterocycles. The Balaban J connectivity index is 1.73. The zero-order valence-electron chi connectivity index (χ0n) is 10.6. The van der Waals surface area contributed by atoms with Gasteiger partial charge in [0.1, 0.15) is 4.90 Å². The molecule has 0 atom stereocenters. The predicted octanol–water partition coefficient (Wildman–Crippen LogP) is 2.87. The summed E-state index contributed by atoms with van der Waals surface area (Å²) in [4.78, 5) is 6.54. The summed E-state index contributed by atoms with van der Waals surface area (Å²) in [5.74, 6) is 0. The summed E-state index contributed by atoms with van der Waals surface area (Å²) in [5.41, 5.74) is 1.38. The summed E-state index contributed by atoms with van der Waals surface area (Å²) in [7, 11) is -3.51. The first-order valence-corrected chi connectivity index (χ1v) is 9.34. The molecule has 20 heavy (non-hydrogen) atoms. The molecule has 7 heteroatoms. The van der Waals surface area contributed by atoms with Crippen LogP contribution in [0.2, 0.25) is 0 Å². The number of aryl methyl sites for hydroxylation is 2. The van der Waals surface area contributed by atoms with E-state index in [0.717, 1.165) is 17.7 Å². The van der Waals surface area contributed by atoms with Crippen LogP contribution >= 0.6 is 27.3 Å². The second-order valence-corrected chi connectivity index (χ2v) is 8.58. The van der Waals surface area contributed by atoms with Crippen molar-refractivity contribution in [3.8, 4) is 0 Å². The van der Waals surface area contributed by atoms with Gasteiger partial charge in [-0.2, -0.15) is 0 Å². The topological polar surface area (TPSA) is 59.1 Å². The fourth-order valence-corrected chi connectivity index (χ4v) is 5.07. The quantitative estimate of drug-likeness (QED) is 0.897. The van der Waals surface area contributed by atoms with E-state index in [0.29, 0.717) is 11.0 Å². The van der Waals surface area contributed by atoms with Crippen LogP contribution in [-0.2, 0) is 29.4 Å². The van der Waals surface area contributed by atoms with Crippen molar-refractivity contribution in [2.24, 2.45) is 0 Å². The number of sulfonamides is 1. The van der Waals surface area contributed by atoms with Gasteiger partial charge in [0.05, 0.1) is 0 Å². The summed E-state index contributed by atoms with van der Waals surface area (Å²) in [6.45, 7) is 0.340. The third-order valence-electron chi connectivity index (χ3n) is 3.22. The van der Waals surface area contributed by atoms with Crippen LogP contribution in [0.3, 0.4) is 0 Å². The molecule has 2 heterocycles. The molecule has 0 unspecified atom stereocenters. The number of thiophene rings is 1. The number of rotatable bonds is 4. The summed E-state index contributed by atoms with van der Waals surface area (Å²) in [6.07, 6.45) is 6.37. The van der Waals surface area contributed by atoms with Gasteiger partial charge in [0, 0.05) is 33.2 Å². The predicted molar refractivity (Wildman–Crippen MR) is 82.3 cm³/mol. The Kier molecular flexibility index (Phi) is 3.94. The van der Waals surface area contributed by atoms with Gasteiger partial charge < -0.3 is 0 Å². The van der Waals surface area contributed by atoms with E-state index in [1.807, 2.05) is 0 Å². The van der Waals surface area contributed by atoms with Crippen LogP contribution in [0, 0.1) is 0 Å². The molecule has 3 rings (SSSR count). The highest BCUT2D eigenvalue weighted by molar-refractivity contribution is 9.10. The summed E-state index contributed by atoms with van der Waals surface area (Å²) >= 11 is 4.94. The molecule has 1 N–H and O–H groups in total. The van der Waals surface area contributed by atoms with E-state index in [1.54, 1.807) is 23.6 Å². The number of nitrogens with zero attached hydrogens (tertiary/aromatic N) is 1. The lowest BCUT2D eigenvalue weighted by molar-refractivity contribution is 0.581. The van der Waals surface area contributed by atoms with Crippen LogP contribution in [0.1, 0.15) is 21.7 Å². The van der Waals surface area contributed by atoms with Crippen molar-refractivity contribution in [1.29, 1.82) is 0 Å². The highest BCUT2D eigenvalue weighted by atomic mass is 79.9. The Morgan fingerprint density at radius 1 is 1.30 bits per heavy atom. The fraction of sp³-hybridized carbons (Fsp3) is 0.308. The normalized spacial score (nSPS) is 14.4. The molecule has 0 aliphatic heterocycles. The number of hydrogen-bond donors (Lipinski definition) is 1. The van der Waals surface area contributed by atoms with Gasteiger partial charge in [-0.25, -0.2) is 13.1 Å². The van der Waals surface area contributed by atoms with Crippen LogP contribution < -0.4 is 4.72 Å². The smallest absolute Gasteiger partial charge is 0.242 e. The van der Waals surface area contributed by atoms with Gasteiger partial charge in [0.15, 0.2) is 0 Å². The van der Waals surface area contributed by atoms with Crippen molar-refractivity contribution in [3.63, 3.8) is 0 Å². The Bertz CT molecular complexity index is 719. The van der Waals surface area contributed by atoms with Gasteiger partial charge in [-0.05, 0) is 52.9 Å². The number of hydrogen-bond acceptors (Lipinski definition) is 4. The first kappa shape index (κ1) is 14.2. The van der Waals surface area contributed by atoms with E-state index in [-0.39, 0.29) is 4.90 Å². The molecular formula is C13H13BrN2O2S2. The number of aromatic nitrogens is 1. The van der Waals surface area contributed by atoms with Crippen molar-refractivity contribution < 1.29 is 8.42 Å². The monoisotopic (exact) mass is 372 g/mol. The first-order chi connectivity index (χ1) is 9.54. The molecule has 0 fully saturated rings. The molecule has 4 nitrogen and oxygen atoms in total. The molecule has 0 saturated carbocycles. The minimum atomic E-state index is -3.51. The average molecular weight is 373 g/mol. The Hall–Kier alpha value is -0.760. The summed E-state index contributed by atoms with van der Waals surface area (Å²) in [5, 5.41) is 0. The third kappa shape index (κ3) is 2.95. The molecular weight excluding hydrogens is 360 g/mol. The highest BCUT2D eigenvalue weighted by Crippen LogP contribution is 2.30. The van der Waals surface area contributed by atoms with Crippen LogP contribution in [-0.4, -0.2) is 13.4 Å². The van der Waals surface area contributed by atoms with Crippen molar-refractivity contribution in [2.45, 2.75) is 30.7 Å². The maximum absolute atomic E-state index is 12.2. The average Bonchev–Trinajstić information content (AvgIpc) is 2.97. The van der Waals surface area contributed by atoms with Crippen LogP contribution in [0.4, 0.5) is 0 Å². The van der Waals surface area contributed by atoms with Gasteiger partial charge in [-0.1, -0.05) is 0 Å². The van der Waals surface area contributed by atoms with Crippen LogP contribution in [0.25, 0.3) is 0 Å². The lowest BCUT2D eigenvalue weighted by atomic mass is 10.2. The maximum Gasteiger partial charge on any atom is 0.242 e. The lowest BCUT2D eigenvalue weighted by Gasteiger charge is -2.05. The number of fused-ring (bicyclic) bond motifs is 1. The third-order valence-corrected chi connectivity index (χ3v) is 6.26. The van der Waals surface area contributed by atoms with E-state index >= 15 is 0 Å². The highest BCUT2D eigenvalue weighted by Gasteiger charge is 2.18. The molecule has 1 aliphatic rings.